The highest BCUT2D eigenvalue weighted by atomic mass is 28.3. The van der Waals surface area contributed by atoms with Crippen LogP contribution in [0.2, 0.25) is 26.2 Å². The van der Waals surface area contributed by atoms with Crippen LogP contribution in [-0.2, 0) is 14.3 Å². The van der Waals surface area contributed by atoms with Crippen molar-refractivity contribution in [1.82, 2.24) is 0 Å². The van der Waals surface area contributed by atoms with Crippen molar-refractivity contribution in [2.75, 3.05) is 7.11 Å². The SMILES string of the molecule is COC1([Si](C)(c2ccccc2)c2ccccc2)C=C([Si](C)(C)C)C(=O)O1. The first-order valence-corrected chi connectivity index (χ1v) is 14.9. The van der Waals surface area contributed by atoms with Crippen molar-refractivity contribution < 1.29 is 14.3 Å². The molecule has 26 heavy (non-hydrogen) atoms. The first-order chi connectivity index (χ1) is 12.2. The number of rotatable bonds is 5. The van der Waals surface area contributed by atoms with Gasteiger partial charge in [0.1, 0.15) is 0 Å². The Labute approximate surface area is 157 Å². The first kappa shape index (κ1) is 18.8. The maximum atomic E-state index is 12.8. The molecule has 0 spiro atoms. The Morgan fingerprint density at radius 2 is 1.31 bits per heavy atom. The molecule has 136 valence electrons. The highest BCUT2D eigenvalue weighted by Crippen LogP contribution is 2.37. The number of benzene rings is 2. The number of hydrogen-bond acceptors (Lipinski definition) is 3. The second-order valence-corrected chi connectivity index (χ2v) is 17.1. The van der Waals surface area contributed by atoms with Gasteiger partial charge in [-0.3, -0.25) is 0 Å². The standard InChI is InChI=1S/C21H26O3Si2/c1-23-21(16-19(20(22)24-21)25(2,3)4)26(5,17-12-8-6-9-13-17)18-14-10-7-11-15-18/h6-16H,1-5H3. The lowest BCUT2D eigenvalue weighted by molar-refractivity contribution is -0.165. The molecule has 1 atom stereocenters. The predicted molar refractivity (Wildman–Crippen MR) is 111 cm³/mol. The van der Waals surface area contributed by atoms with E-state index in [9.17, 15) is 4.79 Å². The van der Waals surface area contributed by atoms with Crippen LogP contribution >= 0.6 is 0 Å². The molecule has 0 saturated heterocycles. The van der Waals surface area contributed by atoms with E-state index in [0.717, 1.165) is 5.20 Å². The van der Waals surface area contributed by atoms with Gasteiger partial charge < -0.3 is 9.47 Å². The van der Waals surface area contributed by atoms with E-state index >= 15 is 0 Å². The Balaban J connectivity index is 2.28. The Morgan fingerprint density at radius 3 is 1.65 bits per heavy atom. The molecule has 3 rings (SSSR count). The predicted octanol–water partition coefficient (Wildman–Crippen LogP) is 3.12. The summed E-state index contributed by atoms with van der Waals surface area (Å²) in [7, 11) is -2.80. The third-order valence-electron chi connectivity index (χ3n) is 5.31. The lowest BCUT2D eigenvalue weighted by atomic mass is 10.4. The number of methoxy groups -OCH3 is 1. The van der Waals surface area contributed by atoms with E-state index in [1.54, 1.807) is 7.11 Å². The third-order valence-corrected chi connectivity index (χ3v) is 12.1. The molecule has 0 aliphatic carbocycles. The summed E-state index contributed by atoms with van der Waals surface area (Å²) in [6, 6.07) is 20.6. The molecule has 2 aromatic rings. The summed E-state index contributed by atoms with van der Waals surface area (Å²) in [5.41, 5.74) is -1.04. The number of cyclic esters (lactones) is 1. The molecule has 3 nitrogen and oxygen atoms in total. The number of carbonyl (C=O) groups is 1. The Bertz CT molecular complexity index is 786. The van der Waals surface area contributed by atoms with Gasteiger partial charge in [0, 0.05) is 12.3 Å². The van der Waals surface area contributed by atoms with Crippen molar-refractivity contribution in [3.63, 3.8) is 0 Å². The molecule has 0 saturated carbocycles. The smallest absolute Gasteiger partial charge is 0.332 e. The number of ether oxygens (including phenoxy) is 2. The molecule has 1 aliphatic rings. The largest absolute Gasteiger partial charge is 0.430 e. The van der Waals surface area contributed by atoms with Gasteiger partial charge >= 0.3 is 5.97 Å². The van der Waals surface area contributed by atoms with Crippen molar-refractivity contribution in [1.29, 1.82) is 0 Å². The zero-order chi connectivity index (χ0) is 19.0. The van der Waals surface area contributed by atoms with E-state index in [2.05, 4.69) is 50.5 Å². The number of carbonyl (C=O) groups excluding carboxylic acids is 1. The van der Waals surface area contributed by atoms with Crippen LogP contribution in [0, 0.1) is 0 Å². The van der Waals surface area contributed by atoms with Gasteiger partial charge in [0.2, 0.25) is 13.5 Å². The Kier molecular flexibility index (Phi) is 4.81. The molecular formula is C21H26O3Si2. The average Bonchev–Trinajstić information content (AvgIpc) is 3.01. The van der Waals surface area contributed by atoms with Crippen molar-refractivity contribution >= 4 is 32.5 Å². The summed E-state index contributed by atoms with van der Waals surface area (Å²) < 4.78 is 12.1. The summed E-state index contributed by atoms with van der Waals surface area (Å²) in [6.07, 6.45) is 1.99. The Hall–Kier alpha value is -1.96. The van der Waals surface area contributed by atoms with Crippen LogP contribution in [0.5, 0.6) is 0 Å². The molecule has 5 heteroatoms. The van der Waals surface area contributed by atoms with E-state index in [-0.39, 0.29) is 5.97 Å². The van der Waals surface area contributed by atoms with Crippen molar-refractivity contribution in [3.05, 3.63) is 71.9 Å². The van der Waals surface area contributed by atoms with Gasteiger partial charge in [-0.15, -0.1) is 0 Å². The molecule has 1 aliphatic heterocycles. The van der Waals surface area contributed by atoms with Gasteiger partial charge in [-0.25, -0.2) is 4.79 Å². The fraction of sp³-hybridized carbons (Fsp3) is 0.286. The molecule has 0 fully saturated rings. The monoisotopic (exact) mass is 382 g/mol. The van der Waals surface area contributed by atoms with Crippen LogP contribution < -0.4 is 10.4 Å². The van der Waals surface area contributed by atoms with E-state index in [1.807, 2.05) is 42.5 Å². The molecule has 0 bridgehead atoms. The summed E-state index contributed by atoms with van der Waals surface area (Å²) in [5, 5.41) is 3.16. The average molecular weight is 383 g/mol. The minimum Gasteiger partial charge on any atom is -0.430 e. The number of esters is 1. The van der Waals surface area contributed by atoms with Crippen molar-refractivity contribution in [2.24, 2.45) is 0 Å². The van der Waals surface area contributed by atoms with Gasteiger partial charge in [-0.1, -0.05) is 86.9 Å². The zero-order valence-corrected chi connectivity index (χ0v) is 18.1. The zero-order valence-electron chi connectivity index (χ0n) is 16.1. The second-order valence-electron chi connectivity index (χ2n) is 7.93. The molecule has 1 unspecified atom stereocenters. The van der Waals surface area contributed by atoms with Crippen LogP contribution in [0.25, 0.3) is 0 Å². The van der Waals surface area contributed by atoms with E-state index < -0.39 is 21.6 Å². The van der Waals surface area contributed by atoms with E-state index in [0.29, 0.717) is 0 Å². The molecule has 0 amide bonds. The highest BCUT2D eigenvalue weighted by molar-refractivity contribution is 7.04. The third kappa shape index (κ3) is 2.90. The minimum absolute atomic E-state index is 0.225. The van der Waals surface area contributed by atoms with E-state index in [1.165, 1.54) is 10.4 Å². The Morgan fingerprint density at radius 1 is 0.846 bits per heavy atom. The lowest BCUT2D eigenvalue weighted by Gasteiger charge is -2.41. The molecule has 1 heterocycles. The van der Waals surface area contributed by atoms with E-state index in [4.69, 9.17) is 9.47 Å². The maximum absolute atomic E-state index is 12.8. The minimum atomic E-state index is -2.60. The van der Waals surface area contributed by atoms with Crippen LogP contribution in [-0.4, -0.2) is 34.6 Å². The van der Waals surface area contributed by atoms with Crippen LogP contribution in [0.4, 0.5) is 0 Å². The quantitative estimate of drug-likeness (QED) is 0.589. The van der Waals surface area contributed by atoms with Crippen LogP contribution in [0.3, 0.4) is 0 Å². The molecule has 0 N–H and O–H groups in total. The molecule has 0 radical (unpaired) electrons. The van der Waals surface area contributed by atoms with Crippen molar-refractivity contribution in [2.45, 2.75) is 31.6 Å². The fourth-order valence-corrected chi connectivity index (χ4v) is 9.08. The van der Waals surface area contributed by atoms with Crippen LogP contribution in [0.1, 0.15) is 0 Å². The highest BCUT2D eigenvalue weighted by Gasteiger charge is 2.59. The lowest BCUT2D eigenvalue weighted by Crippen LogP contribution is -2.72. The fourth-order valence-electron chi connectivity index (χ4n) is 3.66. The van der Waals surface area contributed by atoms with Gasteiger partial charge in [0.05, 0.1) is 8.07 Å². The van der Waals surface area contributed by atoms with Gasteiger partial charge in [0.25, 0.3) is 0 Å². The summed E-state index contributed by atoms with van der Waals surface area (Å²) in [4.78, 5) is 12.8. The van der Waals surface area contributed by atoms with Gasteiger partial charge in [-0.05, 0) is 16.4 Å². The molecule has 0 aromatic heterocycles. The van der Waals surface area contributed by atoms with Gasteiger partial charge in [0.15, 0.2) is 0 Å². The molecule has 2 aromatic carbocycles. The summed E-state index contributed by atoms with van der Waals surface area (Å²) >= 11 is 0. The first-order valence-electron chi connectivity index (χ1n) is 8.87. The topological polar surface area (TPSA) is 35.5 Å². The summed E-state index contributed by atoms with van der Waals surface area (Å²) in [5.74, 6) is -0.225. The van der Waals surface area contributed by atoms with Crippen LogP contribution in [0.15, 0.2) is 71.9 Å². The second kappa shape index (κ2) is 6.65. The molecular weight excluding hydrogens is 356 g/mol. The summed E-state index contributed by atoms with van der Waals surface area (Å²) in [6.45, 7) is 8.71. The number of hydrogen-bond donors (Lipinski definition) is 0. The van der Waals surface area contributed by atoms with Crippen molar-refractivity contribution in [3.8, 4) is 0 Å². The normalized spacial score (nSPS) is 20.7. The van der Waals surface area contributed by atoms with Gasteiger partial charge in [-0.2, -0.15) is 0 Å². The maximum Gasteiger partial charge on any atom is 0.332 e.